The summed E-state index contributed by atoms with van der Waals surface area (Å²) in [6, 6.07) is 58.6. The molecule has 2 aromatic heterocycles. The van der Waals surface area contributed by atoms with Crippen molar-refractivity contribution in [3.63, 3.8) is 0 Å². The number of aliphatic imine (C=N–C) groups is 2. The Morgan fingerprint density at radius 3 is 2.29 bits per heavy atom. The Balaban J connectivity index is 1.19. The van der Waals surface area contributed by atoms with Crippen molar-refractivity contribution < 1.29 is 4.42 Å². The van der Waals surface area contributed by atoms with Crippen LogP contribution < -0.4 is 5.32 Å². The maximum atomic E-state index is 6.69. The summed E-state index contributed by atoms with van der Waals surface area (Å²) in [5.74, 6) is 1.58. The van der Waals surface area contributed by atoms with Crippen molar-refractivity contribution >= 4 is 88.6 Å². The van der Waals surface area contributed by atoms with E-state index < -0.39 is 6.17 Å². The van der Waals surface area contributed by atoms with Crippen molar-refractivity contribution in [3.8, 4) is 5.69 Å². The summed E-state index contributed by atoms with van der Waals surface area (Å²) in [6.07, 6.45) is 9.37. The number of nitrogens with zero attached hydrogens (tertiary/aromatic N) is 3. The van der Waals surface area contributed by atoms with E-state index in [1.54, 1.807) is 0 Å². The van der Waals surface area contributed by atoms with Gasteiger partial charge in [-0.2, -0.15) is 0 Å². The molecule has 5 heteroatoms. The van der Waals surface area contributed by atoms with Crippen molar-refractivity contribution in [1.29, 1.82) is 0 Å². The molecule has 1 aliphatic heterocycles. The van der Waals surface area contributed by atoms with Crippen LogP contribution in [0, 0.1) is 0 Å². The predicted octanol–water partition coefficient (Wildman–Crippen LogP) is 14.3. The van der Waals surface area contributed by atoms with Crippen LogP contribution in [-0.2, 0) is 0 Å². The molecule has 8 aromatic carbocycles. The highest BCUT2D eigenvalue weighted by Crippen LogP contribution is 2.43. The first-order valence-corrected chi connectivity index (χ1v) is 21.5. The van der Waals surface area contributed by atoms with Crippen LogP contribution in [0.3, 0.4) is 0 Å². The van der Waals surface area contributed by atoms with Gasteiger partial charge in [-0.1, -0.05) is 158 Å². The maximum Gasteiger partial charge on any atom is 0.161 e. The van der Waals surface area contributed by atoms with E-state index in [2.05, 4.69) is 206 Å². The molecular weight excluding hydrogens is 757 g/mol. The second kappa shape index (κ2) is 14.5. The molecule has 1 aliphatic carbocycles. The number of rotatable bonds is 6. The predicted molar refractivity (Wildman–Crippen MR) is 261 cm³/mol. The number of nitrogens with one attached hydrogen (secondary N) is 1. The fourth-order valence-corrected chi connectivity index (χ4v) is 9.91. The number of allylic oxidation sites excluding steroid dienone is 3. The van der Waals surface area contributed by atoms with Crippen LogP contribution in [0.2, 0.25) is 0 Å². The van der Waals surface area contributed by atoms with Gasteiger partial charge in [-0.15, -0.1) is 0 Å². The molecule has 10 aromatic rings. The first kappa shape index (κ1) is 36.1. The molecule has 0 radical (unpaired) electrons. The van der Waals surface area contributed by atoms with Crippen LogP contribution in [0.15, 0.2) is 202 Å². The molecule has 0 spiro atoms. The van der Waals surface area contributed by atoms with Gasteiger partial charge in [0.05, 0.1) is 22.3 Å². The average molecular weight is 799 g/mol. The molecule has 296 valence electrons. The quantitative estimate of drug-likeness (QED) is 0.170. The third-order valence-corrected chi connectivity index (χ3v) is 12.9. The highest BCUT2D eigenvalue weighted by atomic mass is 16.3. The summed E-state index contributed by atoms with van der Waals surface area (Å²) >= 11 is 0. The monoisotopic (exact) mass is 798 g/mol. The number of benzene rings is 8. The minimum Gasteiger partial charge on any atom is -0.456 e. The van der Waals surface area contributed by atoms with E-state index in [1.807, 2.05) is 6.07 Å². The van der Waals surface area contributed by atoms with Crippen LogP contribution >= 0.6 is 0 Å². The lowest BCUT2D eigenvalue weighted by atomic mass is 9.85. The van der Waals surface area contributed by atoms with Gasteiger partial charge in [0.1, 0.15) is 23.2 Å². The highest BCUT2D eigenvalue weighted by molar-refractivity contribution is 6.25. The molecule has 2 atom stereocenters. The zero-order valence-corrected chi connectivity index (χ0v) is 34.5. The Bertz CT molecular complexity index is 3610. The number of hydrogen-bond donors (Lipinski definition) is 1. The maximum absolute atomic E-state index is 6.69. The molecule has 0 saturated heterocycles. The largest absolute Gasteiger partial charge is 0.456 e. The van der Waals surface area contributed by atoms with E-state index >= 15 is 0 Å². The van der Waals surface area contributed by atoms with Gasteiger partial charge in [-0.05, 0) is 94.6 Å². The van der Waals surface area contributed by atoms with Crippen molar-refractivity contribution in [3.05, 3.63) is 210 Å². The number of para-hydroxylation sites is 1. The van der Waals surface area contributed by atoms with Gasteiger partial charge in [-0.3, -0.25) is 0 Å². The van der Waals surface area contributed by atoms with Gasteiger partial charge in [0.25, 0.3) is 0 Å². The number of fused-ring (bicyclic) bond motifs is 10. The van der Waals surface area contributed by atoms with Crippen LogP contribution in [0.4, 0.5) is 0 Å². The summed E-state index contributed by atoms with van der Waals surface area (Å²) in [5.41, 5.74) is 11.7. The minimum absolute atomic E-state index is 0.00815. The van der Waals surface area contributed by atoms with E-state index in [1.165, 1.54) is 54.6 Å². The smallest absolute Gasteiger partial charge is 0.161 e. The molecule has 2 aliphatic rings. The van der Waals surface area contributed by atoms with Gasteiger partial charge in [-0.25, -0.2) is 9.98 Å². The average Bonchev–Trinajstić information content (AvgIpc) is 3.87. The van der Waals surface area contributed by atoms with E-state index in [-0.39, 0.29) is 5.92 Å². The molecule has 3 heterocycles. The van der Waals surface area contributed by atoms with E-state index in [4.69, 9.17) is 14.4 Å². The summed E-state index contributed by atoms with van der Waals surface area (Å²) in [7, 11) is 0. The summed E-state index contributed by atoms with van der Waals surface area (Å²) in [5, 5.41) is 13.1. The van der Waals surface area contributed by atoms with Gasteiger partial charge in [0.2, 0.25) is 0 Å². The first-order chi connectivity index (χ1) is 30.6. The van der Waals surface area contributed by atoms with E-state index in [0.717, 1.165) is 62.1 Å². The third-order valence-electron chi connectivity index (χ3n) is 12.9. The Hall–Kier alpha value is -7.76. The lowest BCUT2D eigenvalue weighted by molar-refractivity contribution is 0.668. The zero-order valence-electron chi connectivity index (χ0n) is 34.5. The summed E-state index contributed by atoms with van der Waals surface area (Å²) in [6.45, 7) is 4.28. The first-order valence-electron chi connectivity index (χ1n) is 21.5. The molecule has 0 amide bonds. The molecule has 0 fully saturated rings. The highest BCUT2D eigenvalue weighted by Gasteiger charge is 2.32. The van der Waals surface area contributed by atoms with E-state index in [0.29, 0.717) is 5.84 Å². The summed E-state index contributed by atoms with van der Waals surface area (Å²) < 4.78 is 9.16. The molecule has 12 rings (SSSR count). The SMILES string of the molecule is C/C=C(\C=C(/C)c1ccccc1)C1N=C(c2c(-n3c4cc5ccccc5cc4c4ccc5ccccc5c43)ccc3oc4ccccc4c23)N=C(C2CC=Cc3ccccc32)N1. The second-order valence-corrected chi connectivity index (χ2v) is 16.5. The molecular formula is C57H42N4O. The van der Waals surface area contributed by atoms with Crippen LogP contribution in [-0.4, -0.2) is 22.4 Å². The standard InChI is InChI=1S/C57H42N4O/c1-3-36(32-35(2)37-16-5-4-6-17-37)55-58-56(45-26-15-22-38-18-9-11-23-42(38)45)60-57(59-55)53-48(30-31-51-52(53)46-25-13-14-27-50(46)62-51)61-49-34-41-21-8-7-20-40(41)33-47(49)44-29-28-39-19-10-12-24-43(39)54(44)61/h3-25,27-34,45,55H,26H2,1-2H3,(H,58,59,60)/b35-32+,36-3+. The number of hydrogen-bond acceptors (Lipinski definition) is 4. The number of aromatic nitrogens is 1. The van der Waals surface area contributed by atoms with Gasteiger partial charge in [0, 0.05) is 32.8 Å². The van der Waals surface area contributed by atoms with Crippen LogP contribution in [0.25, 0.3) is 82.6 Å². The molecule has 5 nitrogen and oxygen atoms in total. The Morgan fingerprint density at radius 1 is 0.694 bits per heavy atom. The van der Waals surface area contributed by atoms with E-state index in [9.17, 15) is 0 Å². The molecule has 0 bridgehead atoms. The number of amidine groups is 2. The lowest BCUT2D eigenvalue weighted by Gasteiger charge is -2.31. The summed E-state index contributed by atoms with van der Waals surface area (Å²) in [4.78, 5) is 11.4. The normalized spacial score (nSPS) is 16.9. The molecule has 62 heavy (non-hydrogen) atoms. The molecule has 2 unspecified atom stereocenters. The van der Waals surface area contributed by atoms with Gasteiger partial charge >= 0.3 is 0 Å². The third kappa shape index (κ3) is 5.77. The van der Waals surface area contributed by atoms with Crippen molar-refractivity contribution in [1.82, 2.24) is 9.88 Å². The topological polar surface area (TPSA) is 54.8 Å². The van der Waals surface area contributed by atoms with Crippen LogP contribution in [0.1, 0.15) is 48.4 Å². The van der Waals surface area contributed by atoms with Gasteiger partial charge < -0.3 is 14.3 Å². The Morgan fingerprint density at radius 2 is 1.44 bits per heavy atom. The minimum atomic E-state index is -0.413. The lowest BCUT2D eigenvalue weighted by Crippen LogP contribution is -2.42. The Kier molecular flexibility index (Phi) is 8.42. The van der Waals surface area contributed by atoms with Crippen molar-refractivity contribution in [2.45, 2.75) is 32.4 Å². The Labute approximate surface area is 359 Å². The van der Waals surface area contributed by atoms with Gasteiger partial charge in [0.15, 0.2) is 5.84 Å². The second-order valence-electron chi connectivity index (χ2n) is 16.5. The number of furan rings is 1. The van der Waals surface area contributed by atoms with Crippen LogP contribution in [0.5, 0.6) is 0 Å². The molecule has 1 N–H and O–H groups in total. The fourth-order valence-electron chi connectivity index (χ4n) is 9.91. The zero-order chi connectivity index (χ0) is 41.3. The van der Waals surface area contributed by atoms with Crippen molar-refractivity contribution in [2.75, 3.05) is 0 Å². The molecule has 0 saturated carbocycles. The fraction of sp³-hybridized carbons (Fsp3) is 0.0877. The van der Waals surface area contributed by atoms with Crippen molar-refractivity contribution in [2.24, 2.45) is 9.98 Å².